The number of hydrogen-bond acceptors (Lipinski definition) is 4. The maximum atomic E-state index is 10.7. The lowest BCUT2D eigenvalue weighted by molar-refractivity contribution is -0.140. The summed E-state index contributed by atoms with van der Waals surface area (Å²) in [5, 5.41) is 10.6. The topological polar surface area (TPSA) is 76.2 Å². The van der Waals surface area contributed by atoms with Crippen LogP contribution in [0, 0.1) is 0 Å². The zero-order valence-electron chi connectivity index (χ0n) is 7.52. The molecular formula is C8H12N2O2S. The van der Waals surface area contributed by atoms with Crippen LogP contribution in [-0.2, 0) is 10.2 Å². The monoisotopic (exact) mass is 200 g/mol. The number of carboxylic acids is 1. The van der Waals surface area contributed by atoms with E-state index in [1.54, 1.807) is 19.4 Å². The van der Waals surface area contributed by atoms with E-state index in [-0.39, 0.29) is 0 Å². The van der Waals surface area contributed by atoms with Crippen LogP contribution in [0.5, 0.6) is 0 Å². The minimum Gasteiger partial charge on any atom is -0.480 e. The van der Waals surface area contributed by atoms with Crippen LogP contribution >= 0.6 is 11.3 Å². The second-order valence-corrected chi connectivity index (χ2v) is 4.13. The van der Waals surface area contributed by atoms with E-state index >= 15 is 0 Å². The summed E-state index contributed by atoms with van der Waals surface area (Å²) in [6.07, 6.45) is 0. The predicted molar refractivity (Wildman–Crippen MR) is 50.8 cm³/mol. The van der Waals surface area contributed by atoms with E-state index < -0.39 is 17.4 Å². The van der Waals surface area contributed by atoms with Crippen LogP contribution < -0.4 is 5.73 Å². The summed E-state index contributed by atoms with van der Waals surface area (Å²) >= 11 is 1.44. The third kappa shape index (κ3) is 1.87. The Labute approximate surface area is 80.4 Å². The van der Waals surface area contributed by atoms with Crippen molar-refractivity contribution >= 4 is 17.3 Å². The van der Waals surface area contributed by atoms with Crippen LogP contribution in [0.15, 0.2) is 10.9 Å². The van der Waals surface area contributed by atoms with Crippen LogP contribution in [0.3, 0.4) is 0 Å². The second-order valence-electron chi connectivity index (χ2n) is 3.41. The van der Waals surface area contributed by atoms with Gasteiger partial charge < -0.3 is 10.8 Å². The first-order valence-electron chi connectivity index (χ1n) is 3.83. The number of nitrogens with two attached hydrogens (primary N) is 1. The van der Waals surface area contributed by atoms with Crippen molar-refractivity contribution in [2.75, 3.05) is 0 Å². The summed E-state index contributed by atoms with van der Waals surface area (Å²) in [5.41, 5.74) is 7.33. The Balaban J connectivity index is 2.95. The van der Waals surface area contributed by atoms with Gasteiger partial charge in [0, 0.05) is 10.8 Å². The molecule has 1 heterocycles. The quantitative estimate of drug-likeness (QED) is 0.757. The molecule has 0 saturated carbocycles. The van der Waals surface area contributed by atoms with Crippen molar-refractivity contribution < 1.29 is 9.90 Å². The van der Waals surface area contributed by atoms with Crippen LogP contribution in [0.1, 0.15) is 19.5 Å². The van der Waals surface area contributed by atoms with Crippen molar-refractivity contribution in [3.05, 3.63) is 16.6 Å². The Morgan fingerprint density at radius 2 is 2.38 bits per heavy atom. The second kappa shape index (κ2) is 3.43. The van der Waals surface area contributed by atoms with Gasteiger partial charge in [0.25, 0.3) is 0 Å². The Hall–Kier alpha value is -0.940. The van der Waals surface area contributed by atoms with E-state index in [1.807, 2.05) is 5.38 Å². The van der Waals surface area contributed by atoms with Crippen molar-refractivity contribution in [3.8, 4) is 0 Å². The minimum atomic E-state index is -1.00. The molecule has 0 spiro atoms. The van der Waals surface area contributed by atoms with Crippen molar-refractivity contribution in [2.45, 2.75) is 25.3 Å². The maximum absolute atomic E-state index is 10.7. The molecule has 0 amide bonds. The van der Waals surface area contributed by atoms with Crippen molar-refractivity contribution in [3.63, 3.8) is 0 Å². The van der Waals surface area contributed by atoms with Crippen molar-refractivity contribution in [1.29, 1.82) is 0 Å². The van der Waals surface area contributed by atoms with E-state index in [1.165, 1.54) is 11.3 Å². The molecule has 1 unspecified atom stereocenters. The number of rotatable bonds is 3. The van der Waals surface area contributed by atoms with Gasteiger partial charge in [-0.25, -0.2) is 4.98 Å². The average Bonchev–Trinajstić information content (AvgIpc) is 2.54. The molecular weight excluding hydrogens is 188 g/mol. The van der Waals surface area contributed by atoms with Crippen LogP contribution in [0.4, 0.5) is 0 Å². The first kappa shape index (κ1) is 10.1. The molecule has 72 valence electrons. The van der Waals surface area contributed by atoms with Crippen molar-refractivity contribution in [1.82, 2.24) is 4.98 Å². The largest absolute Gasteiger partial charge is 0.480 e. The predicted octanol–water partition coefficient (Wildman–Crippen LogP) is 0.833. The Morgan fingerprint density at radius 1 is 1.77 bits per heavy atom. The fourth-order valence-electron chi connectivity index (χ4n) is 0.999. The molecule has 0 fully saturated rings. The number of carbonyl (C=O) groups is 1. The molecule has 3 N–H and O–H groups in total. The van der Waals surface area contributed by atoms with Gasteiger partial charge in [0.2, 0.25) is 0 Å². The normalized spacial score (nSPS) is 14.1. The fourth-order valence-corrected chi connectivity index (χ4v) is 1.73. The van der Waals surface area contributed by atoms with Gasteiger partial charge in [-0.15, -0.1) is 11.3 Å². The van der Waals surface area contributed by atoms with E-state index in [0.29, 0.717) is 0 Å². The molecule has 1 atom stereocenters. The first-order valence-corrected chi connectivity index (χ1v) is 4.77. The van der Waals surface area contributed by atoms with Gasteiger partial charge in [-0.3, -0.25) is 4.79 Å². The molecule has 5 heteroatoms. The van der Waals surface area contributed by atoms with Crippen LogP contribution in [0.2, 0.25) is 0 Å². The zero-order chi connectivity index (χ0) is 10.1. The molecule has 0 aliphatic heterocycles. The average molecular weight is 200 g/mol. The molecule has 13 heavy (non-hydrogen) atoms. The number of hydrogen-bond donors (Lipinski definition) is 2. The lowest BCUT2D eigenvalue weighted by Crippen LogP contribution is -2.46. The molecule has 0 radical (unpaired) electrons. The summed E-state index contributed by atoms with van der Waals surface area (Å²) in [6.45, 7) is 3.56. The van der Waals surface area contributed by atoms with Gasteiger partial charge in [0.05, 0.1) is 11.2 Å². The third-order valence-corrected chi connectivity index (χ3v) is 2.72. The van der Waals surface area contributed by atoms with Crippen LogP contribution in [0.25, 0.3) is 0 Å². The number of thiazole rings is 1. The summed E-state index contributed by atoms with van der Waals surface area (Å²) in [5.74, 6) is -1.00. The number of carboxylic acid groups (broad SMARTS) is 1. The molecule has 0 aliphatic carbocycles. The molecule has 0 bridgehead atoms. The number of nitrogens with zero attached hydrogens (tertiary/aromatic N) is 1. The Bertz CT molecular complexity index is 295. The molecule has 0 aliphatic rings. The third-order valence-electron chi connectivity index (χ3n) is 2.14. The standard InChI is InChI=1S/C8H12N2O2S/c1-8(2,6(9)7(11)12)5-3-13-4-10-5/h3-4,6H,9H2,1-2H3,(H,11,12). The minimum absolute atomic E-state index is 0.619. The first-order chi connectivity index (χ1) is 5.96. The molecule has 0 saturated heterocycles. The smallest absolute Gasteiger partial charge is 0.321 e. The van der Waals surface area contributed by atoms with Gasteiger partial charge in [-0.2, -0.15) is 0 Å². The highest BCUT2D eigenvalue weighted by molar-refractivity contribution is 7.07. The SMILES string of the molecule is CC(C)(c1cscn1)C(N)C(=O)O. The van der Waals surface area contributed by atoms with E-state index in [4.69, 9.17) is 10.8 Å². The highest BCUT2D eigenvalue weighted by Crippen LogP contribution is 2.25. The van der Waals surface area contributed by atoms with E-state index in [9.17, 15) is 4.79 Å². The highest BCUT2D eigenvalue weighted by Gasteiger charge is 2.35. The van der Waals surface area contributed by atoms with Gasteiger partial charge in [0.1, 0.15) is 6.04 Å². The Morgan fingerprint density at radius 3 is 2.77 bits per heavy atom. The molecule has 1 rings (SSSR count). The number of aliphatic carboxylic acids is 1. The maximum Gasteiger partial charge on any atom is 0.321 e. The highest BCUT2D eigenvalue weighted by atomic mass is 32.1. The lowest BCUT2D eigenvalue weighted by atomic mass is 9.82. The lowest BCUT2D eigenvalue weighted by Gasteiger charge is -2.26. The molecule has 1 aromatic heterocycles. The van der Waals surface area contributed by atoms with E-state index in [0.717, 1.165) is 5.69 Å². The van der Waals surface area contributed by atoms with Gasteiger partial charge in [-0.1, -0.05) is 13.8 Å². The van der Waals surface area contributed by atoms with Crippen molar-refractivity contribution in [2.24, 2.45) is 5.73 Å². The summed E-state index contributed by atoms with van der Waals surface area (Å²) in [7, 11) is 0. The fraction of sp³-hybridized carbons (Fsp3) is 0.500. The summed E-state index contributed by atoms with van der Waals surface area (Å²) in [6, 6.07) is -0.922. The summed E-state index contributed by atoms with van der Waals surface area (Å²) in [4.78, 5) is 14.8. The zero-order valence-corrected chi connectivity index (χ0v) is 8.34. The molecule has 4 nitrogen and oxygen atoms in total. The number of aromatic nitrogens is 1. The molecule has 0 aromatic carbocycles. The van der Waals surface area contributed by atoms with Gasteiger partial charge >= 0.3 is 5.97 Å². The van der Waals surface area contributed by atoms with Gasteiger partial charge in [0.15, 0.2) is 0 Å². The van der Waals surface area contributed by atoms with Gasteiger partial charge in [-0.05, 0) is 0 Å². The Kier molecular flexibility index (Phi) is 2.68. The van der Waals surface area contributed by atoms with Crippen LogP contribution in [-0.4, -0.2) is 22.1 Å². The summed E-state index contributed by atoms with van der Waals surface area (Å²) < 4.78 is 0. The van der Waals surface area contributed by atoms with E-state index in [2.05, 4.69) is 4.98 Å². The molecule has 1 aromatic rings.